The van der Waals surface area contributed by atoms with Crippen molar-refractivity contribution in [2.24, 2.45) is 0 Å². The molecule has 0 atom stereocenters. The van der Waals surface area contributed by atoms with Crippen LogP contribution in [0.5, 0.6) is 17.2 Å². The van der Waals surface area contributed by atoms with Crippen molar-refractivity contribution in [2.75, 3.05) is 13.2 Å². The number of para-hydroxylation sites is 2. The van der Waals surface area contributed by atoms with E-state index in [1.807, 2.05) is 31.2 Å². The number of rotatable bonds is 6. The van der Waals surface area contributed by atoms with Crippen LogP contribution in [0.4, 0.5) is 0 Å². The summed E-state index contributed by atoms with van der Waals surface area (Å²) in [5.41, 5.74) is 0.909. The molecule has 0 unspecified atom stereocenters. The molecule has 0 saturated heterocycles. The van der Waals surface area contributed by atoms with Crippen molar-refractivity contribution in [3.63, 3.8) is 0 Å². The molecule has 0 fully saturated rings. The molecule has 24 heavy (non-hydrogen) atoms. The van der Waals surface area contributed by atoms with Crippen LogP contribution in [0.15, 0.2) is 48.8 Å². The van der Waals surface area contributed by atoms with Gasteiger partial charge in [-0.2, -0.15) is 0 Å². The monoisotopic (exact) mass is 326 g/mol. The van der Waals surface area contributed by atoms with Crippen molar-refractivity contribution < 1.29 is 19.0 Å². The molecule has 0 bridgehead atoms. The Balaban J connectivity index is 1.87. The standard InChI is InChI=1S/C18H18N2O4/c1-3-22-15-7-5-6-8-16(15)24-13-9-10-17-19-14(12-20(17)11-13)18(21)23-4-2/h5-12H,3-4H2,1-2H3. The highest BCUT2D eigenvalue weighted by molar-refractivity contribution is 5.87. The SMILES string of the molecule is CCOC(=O)c1cn2cc(Oc3ccccc3OCC)ccc2n1. The Kier molecular flexibility index (Phi) is 4.65. The molecular formula is C18H18N2O4. The van der Waals surface area contributed by atoms with E-state index in [-0.39, 0.29) is 5.69 Å². The summed E-state index contributed by atoms with van der Waals surface area (Å²) >= 11 is 0. The van der Waals surface area contributed by atoms with E-state index in [4.69, 9.17) is 14.2 Å². The number of nitrogens with zero attached hydrogens (tertiary/aromatic N) is 2. The van der Waals surface area contributed by atoms with E-state index in [1.165, 1.54) is 0 Å². The summed E-state index contributed by atoms with van der Waals surface area (Å²) in [6, 6.07) is 11.0. The summed E-state index contributed by atoms with van der Waals surface area (Å²) < 4.78 is 18.1. The number of carbonyl (C=O) groups is 1. The molecular weight excluding hydrogens is 308 g/mol. The minimum atomic E-state index is -0.439. The van der Waals surface area contributed by atoms with Gasteiger partial charge in [-0.1, -0.05) is 12.1 Å². The second-order valence-electron chi connectivity index (χ2n) is 4.96. The molecule has 1 aromatic carbocycles. The van der Waals surface area contributed by atoms with Crippen LogP contribution in [-0.2, 0) is 4.74 Å². The van der Waals surface area contributed by atoms with Gasteiger partial charge in [0.05, 0.1) is 19.4 Å². The summed E-state index contributed by atoms with van der Waals surface area (Å²) in [5, 5.41) is 0. The molecule has 0 radical (unpaired) electrons. The fourth-order valence-electron chi connectivity index (χ4n) is 2.27. The van der Waals surface area contributed by atoms with Crippen LogP contribution in [0.2, 0.25) is 0 Å². The molecule has 0 aliphatic heterocycles. The highest BCUT2D eigenvalue weighted by Gasteiger charge is 2.12. The maximum absolute atomic E-state index is 11.8. The molecule has 0 aliphatic rings. The number of hydrogen-bond acceptors (Lipinski definition) is 5. The summed E-state index contributed by atoms with van der Waals surface area (Å²) in [7, 11) is 0. The van der Waals surface area contributed by atoms with E-state index in [2.05, 4.69) is 4.98 Å². The molecule has 0 aliphatic carbocycles. The van der Waals surface area contributed by atoms with Gasteiger partial charge >= 0.3 is 5.97 Å². The summed E-state index contributed by atoms with van der Waals surface area (Å²) in [4.78, 5) is 16.0. The zero-order valence-corrected chi connectivity index (χ0v) is 13.6. The number of ether oxygens (including phenoxy) is 3. The molecule has 124 valence electrons. The number of imidazole rings is 1. The molecule has 6 nitrogen and oxygen atoms in total. The van der Waals surface area contributed by atoms with E-state index >= 15 is 0 Å². The number of fused-ring (bicyclic) bond motifs is 1. The average Bonchev–Trinajstić information content (AvgIpc) is 3.00. The van der Waals surface area contributed by atoms with Gasteiger partial charge in [-0.05, 0) is 38.1 Å². The van der Waals surface area contributed by atoms with Crippen LogP contribution < -0.4 is 9.47 Å². The normalized spacial score (nSPS) is 10.6. The predicted molar refractivity (Wildman–Crippen MR) is 88.8 cm³/mol. The third-order valence-electron chi connectivity index (χ3n) is 3.29. The van der Waals surface area contributed by atoms with Gasteiger partial charge in [0.25, 0.3) is 0 Å². The second kappa shape index (κ2) is 7.04. The van der Waals surface area contributed by atoms with E-state index < -0.39 is 5.97 Å². The maximum atomic E-state index is 11.8. The summed E-state index contributed by atoms with van der Waals surface area (Å²) in [6.45, 7) is 4.56. The number of benzene rings is 1. The first-order valence-electron chi connectivity index (χ1n) is 7.76. The van der Waals surface area contributed by atoms with Gasteiger partial charge in [0, 0.05) is 6.20 Å². The number of hydrogen-bond donors (Lipinski definition) is 0. The third kappa shape index (κ3) is 3.32. The number of esters is 1. The molecule has 0 spiro atoms. The Morgan fingerprint density at radius 3 is 2.58 bits per heavy atom. The molecule has 2 aromatic heterocycles. The lowest BCUT2D eigenvalue weighted by atomic mass is 10.3. The van der Waals surface area contributed by atoms with Crippen LogP contribution in [0.25, 0.3) is 5.65 Å². The van der Waals surface area contributed by atoms with Crippen LogP contribution in [-0.4, -0.2) is 28.6 Å². The van der Waals surface area contributed by atoms with E-state index in [9.17, 15) is 4.79 Å². The van der Waals surface area contributed by atoms with Crippen molar-refractivity contribution in [3.8, 4) is 17.2 Å². The zero-order chi connectivity index (χ0) is 16.9. The highest BCUT2D eigenvalue weighted by atomic mass is 16.5. The minimum absolute atomic E-state index is 0.267. The molecule has 0 N–H and O–H groups in total. The van der Waals surface area contributed by atoms with Crippen LogP contribution in [0, 0.1) is 0 Å². The Morgan fingerprint density at radius 1 is 1.04 bits per heavy atom. The van der Waals surface area contributed by atoms with Crippen molar-refractivity contribution in [2.45, 2.75) is 13.8 Å². The van der Waals surface area contributed by atoms with Crippen LogP contribution >= 0.6 is 0 Å². The quantitative estimate of drug-likeness (QED) is 0.646. The van der Waals surface area contributed by atoms with Crippen molar-refractivity contribution in [3.05, 3.63) is 54.5 Å². The first-order chi connectivity index (χ1) is 11.7. The first kappa shape index (κ1) is 15.9. The topological polar surface area (TPSA) is 62.1 Å². The van der Waals surface area contributed by atoms with Gasteiger partial charge in [0.1, 0.15) is 11.4 Å². The molecule has 0 amide bonds. The van der Waals surface area contributed by atoms with Gasteiger partial charge in [0.15, 0.2) is 17.2 Å². The van der Waals surface area contributed by atoms with Crippen LogP contribution in [0.3, 0.4) is 0 Å². The number of carbonyl (C=O) groups excluding carboxylic acids is 1. The van der Waals surface area contributed by atoms with Gasteiger partial charge in [-0.15, -0.1) is 0 Å². The molecule has 3 rings (SSSR count). The van der Waals surface area contributed by atoms with Crippen molar-refractivity contribution >= 4 is 11.6 Å². The molecule has 0 saturated carbocycles. The lowest BCUT2D eigenvalue weighted by Gasteiger charge is -2.11. The summed E-state index contributed by atoms with van der Waals surface area (Å²) in [5.74, 6) is 1.48. The fraction of sp³-hybridized carbons (Fsp3) is 0.222. The van der Waals surface area contributed by atoms with Crippen LogP contribution in [0.1, 0.15) is 24.3 Å². The Morgan fingerprint density at radius 2 is 1.83 bits per heavy atom. The van der Waals surface area contributed by atoms with E-state index in [0.717, 1.165) is 0 Å². The van der Waals surface area contributed by atoms with Gasteiger partial charge in [0.2, 0.25) is 0 Å². The van der Waals surface area contributed by atoms with Gasteiger partial charge in [-0.25, -0.2) is 9.78 Å². The van der Waals surface area contributed by atoms with Gasteiger partial charge < -0.3 is 18.6 Å². The van der Waals surface area contributed by atoms with E-state index in [1.54, 1.807) is 35.9 Å². The molecule has 2 heterocycles. The Hall–Kier alpha value is -3.02. The molecule has 6 heteroatoms. The predicted octanol–water partition coefficient (Wildman–Crippen LogP) is 3.70. The maximum Gasteiger partial charge on any atom is 0.358 e. The number of pyridine rings is 1. The lowest BCUT2D eigenvalue weighted by molar-refractivity contribution is 0.0520. The van der Waals surface area contributed by atoms with Crippen molar-refractivity contribution in [1.82, 2.24) is 9.38 Å². The first-order valence-corrected chi connectivity index (χ1v) is 7.76. The highest BCUT2D eigenvalue weighted by Crippen LogP contribution is 2.31. The average molecular weight is 326 g/mol. The zero-order valence-electron chi connectivity index (χ0n) is 13.6. The van der Waals surface area contributed by atoms with E-state index in [0.29, 0.717) is 36.1 Å². The largest absolute Gasteiger partial charge is 0.490 e. The number of aromatic nitrogens is 2. The van der Waals surface area contributed by atoms with Gasteiger partial charge in [-0.3, -0.25) is 0 Å². The third-order valence-corrected chi connectivity index (χ3v) is 3.29. The summed E-state index contributed by atoms with van der Waals surface area (Å²) in [6.07, 6.45) is 3.38. The Bertz CT molecular complexity index is 857. The van der Waals surface area contributed by atoms with Crippen molar-refractivity contribution in [1.29, 1.82) is 0 Å². The Labute approximate surface area is 139 Å². The minimum Gasteiger partial charge on any atom is -0.490 e. The lowest BCUT2D eigenvalue weighted by Crippen LogP contribution is -2.04. The smallest absolute Gasteiger partial charge is 0.358 e. The fourth-order valence-corrected chi connectivity index (χ4v) is 2.27. The second-order valence-corrected chi connectivity index (χ2v) is 4.96. The molecule has 3 aromatic rings.